The molecule has 152 valence electrons. The maximum atomic E-state index is 14.0. The number of rotatable bonds is 2. The Bertz CT molecular complexity index is 1190. The van der Waals surface area contributed by atoms with Gasteiger partial charge in [-0.2, -0.15) is 10.1 Å². The molecule has 0 unspecified atom stereocenters. The highest BCUT2D eigenvalue weighted by molar-refractivity contribution is 6.00. The summed E-state index contributed by atoms with van der Waals surface area (Å²) in [6.45, 7) is 3.77. The summed E-state index contributed by atoms with van der Waals surface area (Å²) in [5.74, 6) is -0.414. The molecule has 7 heteroatoms. The summed E-state index contributed by atoms with van der Waals surface area (Å²) in [6, 6.07) is 10.8. The Kier molecular flexibility index (Phi) is 4.27. The van der Waals surface area contributed by atoms with Crippen LogP contribution in [0.15, 0.2) is 53.7 Å². The van der Waals surface area contributed by atoms with E-state index in [2.05, 4.69) is 21.5 Å². The number of hydrogen-bond donors (Lipinski definition) is 1. The van der Waals surface area contributed by atoms with Gasteiger partial charge in [0.25, 0.3) is 0 Å². The topological polar surface area (TPSA) is 59.8 Å². The van der Waals surface area contributed by atoms with E-state index >= 15 is 0 Å². The van der Waals surface area contributed by atoms with E-state index in [9.17, 15) is 13.6 Å². The van der Waals surface area contributed by atoms with Crippen molar-refractivity contribution in [2.75, 3.05) is 5.32 Å². The first-order valence-corrected chi connectivity index (χ1v) is 9.88. The molecule has 0 bridgehead atoms. The summed E-state index contributed by atoms with van der Waals surface area (Å²) < 4.78 is 29.6. The summed E-state index contributed by atoms with van der Waals surface area (Å²) in [5.41, 5.74) is 3.83. The van der Waals surface area contributed by atoms with Crippen LogP contribution in [-0.4, -0.2) is 20.5 Å². The normalized spacial score (nSPS) is 20.6. The highest BCUT2D eigenvalue weighted by Gasteiger charge is 2.39. The molecular formula is C23H20F2N4O. The molecule has 0 radical (unpaired) electrons. The van der Waals surface area contributed by atoms with E-state index in [1.54, 1.807) is 11.6 Å². The molecule has 0 amide bonds. The molecular weight excluding hydrogens is 386 g/mol. The minimum Gasteiger partial charge on any atom is -0.328 e. The third-order valence-corrected chi connectivity index (χ3v) is 5.74. The second-order valence-corrected chi connectivity index (χ2v) is 7.99. The zero-order valence-corrected chi connectivity index (χ0v) is 16.6. The number of fused-ring (bicyclic) bond motifs is 1. The standard InChI is InChI=1S/C23H20F2N4O/c1-12-4-3-5-14(6-12)15-9-19-21(20(30)10-15)22(16-7-17(24)11-18(25)8-16)29-23(27-19)26-13(2)28-29/h3-8,11,15,22H,9-10H2,1-2H3,(H,26,27,28)/t15-,22-/m1/s1. The zero-order valence-electron chi connectivity index (χ0n) is 16.6. The van der Waals surface area contributed by atoms with Gasteiger partial charge in [-0.1, -0.05) is 29.8 Å². The summed E-state index contributed by atoms with van der Waals surface area (Å²) in [4.78, 5) is 17.7. The molecule has 0 saturated heterocycles. The van der Waals surface area contributed by atoms with Gasteiger partial charge in [-0.25, -0.2) is 13.5 Å². The van der Waals surface area contributed by atoms with Gasteiger partial charge >= 0.3 is 0 Å². The molecule has 5 nitrogen and oxygen atoms in total. The summed E-state index contributed by atoms with van der Waals surface area (Å²) in [7, 11) is 0. The number of allylic oxidation sites excluding steroid dienone is 2. The molecule has 1 N–H and O–H groups in total. The van der Waals surface area contributed by atoms with Gasteiger partial charge in [0.05, 0.1) is 0 Å². The fourth-order valence-electron chi connectivity index (χ4n) is 4.52. The molecule has 3 aromatic rings. The van der Waals surface area contributed by atoms with Gasteiger partial charge in [0.15, 0.2) is 5.78 Å². The minimum absolute atomic E-state index is 0.0316. The van der Waals surface area contributed by atoms with Crippen LogP contribution in [0.1, 0.15) is 47.3 Å². The average Bonchev–Trinajstić information content (AvgIpc) is 3.05. The lowest BCUT2D eigenvalue weighted by molar-refractivity contribution is -0.116. The van der Waals surface area contributed by atoms with Gasteiger partial charge in [-0.3, -0.25) is 4.79 Å². The van der Waals surface area contributed by atoms with Crippen molar-refractivity contribution in [2.24, 2.45) is 0 Å². The average molecular weight is 406 g/mol. The second kappa shape index (κ2) is 6.86. The van der Waals surface area contributed by atoms with Crippen LogP contribution >= 0.6 is 0 Å². The molecule has 2 atom stereocenters. The smallest absolute Gasteiger partial charge is 0.226 e. The van der Waals surface area contributed by atoms with E-state index in [1.165, 1.54) is 12.1 Å². The molecule has 0 fully saturated rings. The number of Topliss-reactive ketones (excluding diaryl/α,β-unsaturated/α-hetero) is 1. The van der Waals surface area contributed by atoms with Crippen LogP contribution < -0.4 is 5.32 Å². The van der Waals surface area contributed by atoms with Crippen molar-refractivity contribution in [1.82, 2.24) is 14.8 Å². The van der Waals surface area contributed by atoms with Crippen molar-refractivity contribution >= 4 is 11.7 Å². The molecule has 0 spiro atoms. The van der Waals surface area contributed by atoms with Crippen molar-refractivity contribution in [3.8, 4) is 0 Å². The van der Waals surface area contributed by atoms with Crippen molar-refractivity contribution in [2.45, 2.75) is 38.6 Å². The van der Waals surface area contributed by atoms with E-state index < -0.39 is 17.7 Å². The first kappa shape index (κ1) is 18.7. The molecule has 2 aliphatic rings. The first-order chi connectivity index (χ1) is 14.4. The molecule has 5 rings (SSSR count). The van der Waals surface area contributed by atoms with E-state index in [0.717, 1.165) is 22.9 Å². The van der Waals surface area contributed by atoms with Gasteiger partial charge in [0.1, 0.15) is 23.5 Å². The van der Waals surface area contributed by atoms with Crippen LogP contribution in [0, 0.1) is 25.5 Å². The number of hydrogen-bond acceptors (Lipinski definition) is 4. The third-order valence-electron chi connectivity index (χ3n) is 5.74. The summed E-state index contributed by atoms with van der Waals surface area (Å²) >= 11 is 0. The quantitative estimate of drug-likeness (QED) is 0.676. The largest absolute Gasteiger partial charge is 0.328 e. The second-order valence-electron chi connectivity index (χ2n) is 7.99. The lowest BCUT2D eigenvalue weighted by Crippen LogP contribution is -2.33. The lowest BCUT2D eigenvalue weighted by atomic mass is 9.77. The van der Waals surface area contributed by atoms with Crippen LogP contribution in [0.25, 0.3) is 0 Å². The SMILES string of the molecule is Cc1cccc([C@H]2CC(=O)C3=C(C2)Nc2nc(C)nn2[C@@H]3c2cc(F)cc(F)c2)c1. The Balaban J connectivity index is 1.63. The molecule has 1 aliphatic heterocycles. The van der Waals surface area contributed by atoms with E-state index in [0.29, 0.717) is 35.8 Å². The number of aryl methyl sites for hydroxylation is 2. The Labute approximate surface area is 172 Å². The van der Waals surface area contributed by atoms with Crippen LogP contribution in [0.4, 0.5) is 14.7 Å². The Hall–Kier alpha value is -3.35. The highest BCUT2D eigenvalue weighted by atomic mass is 19.1. The number of halogens is 2. The number of ketones is 1. The fraction of sp³-hybridized carbons (Fsp3) is 0.261. The van der Waals surface area contributed by atoms with Crippen molar-refractivity contribution < 1.29 is 13.6 Å². The van der Waals surface area contributed by atoms with Gasteiger partial charge in [0.2, 0.25) is 5.95 Å². The maximum absolute atomic E-state index is 14.0. The number of nitrogens with zero attached hydrogens (tertiary/aromatic N) is 3. The number of carbonyl (C=O) groups is 1. The Morgan fingerprint density at radius 3 is 2.53 bits per heavy atom. The Morgan fingerprint density at radius 1 is 1.03 bits per heavy atom. The lowest BCUT2D eigenvalue weighted by Gasteiger charge is -2.35. The van der Waals surface area contributed by atoms with Crippen molar-refractivity contribution in [3.05, 3.63) is 87.9 Å². The van der Waals surface area contributed by atoms with Gasteiger partial charge < -0.3 is 5.32 Å². The third kappa shape index (κ3) is 3.10. The number of carbonyl (C=O) groups excluding carboxylic acids is 1. The zero-order chi connectivity index (χ0) is 21.0. The van der Waals surface area contributed by atoms with E-state index in [4.69, 9.17) is 0 Å². The molecule has 2 heterocycles. The highest BCUT2D eigenvalue weighted by Crippen LogP contribution is 2.44. The number of anilines is 1. The monoisotopic (exact) mass is 406 g/mol. The van der Waals surface area contributed by atoms with Gasteiger partial charge in [-0.05, 0) is 49.4 Å². The molecule has 30 heavy (non-hydrogen) atoms. The molecule has 0 saturated carbocycles. The van der Waals surface area contributed by atoms with Gasteiger partial charge in [0, 0.05) is 23.8 Å². The fourth-order valence-corrected chi connectivity index (χ4v) is 4.52. The number of nitrogens with one attached hydrogen (secondary N) is 1. The first-order valence-electron chi connectivity index (χ1n) is 9.88. The van der Waals surface area contributed by atoms with Crippen LogP contribution in [0.2, 0.25) is 0 Å². The van der Waals surface area contributed by atoms with Gasteiger partial charge in [-0.15, -0.1) is 0 Å². The number of aromatic nitrogens is 3. The Morgan fingerprint density at radius 2 is 1.80 bits per heavy atom. The predicted molar refractivity (Wildman–Crippen MR) is 108 cm³/mol. The van der Waals surface area contributed by atoms with Crippen LogP contribution in [0.3, 0.4) is 0 Å². The van der Waals surface area contributed by atoms with Crippen molar-refractivity contribution in [3.63, 3.8) is 0 Å². The number of benzene rings is 2. The van der Waals surface area contributed by atoms with E-state index in [-0.39, 0.29) is 11.7 Å². The van der Waals surface area contributed by atoms with Crippen LogP contribution in [-0.2, 0) is 4.79 Å². The summed E-state index contributed by atoms with van der Waals surface area (Å²) in [6.07, 6.45) is 0.950. The van der Waals surface area contributed by atoms with E-state index in [1.807, 2.05) is 25.1 Å². The maximum Gasteiger partial charge on any atom is 0.226 e. The molecule has 2 aromatic carbocycles. The predicted octanol–water partition coefficient (Wildman–Crippen LogP) is 4.59. The van der Waals surface area contributed by atoms with Crippen molar-refractivity contribution in [1.29, 1.82) is 0 Å². The minimum atomic E-state index is -0.714. The summed E-state index contributed by atoms with van der Waals surface area (Å²) in [5, 5.41) is 7.65. The molecule has 1 aliphatic carbocycles. The van der Waals surface area contributed by atoms with Crippen LogP contribution in [0.5, 0.6) is 0 Å². The molecule has 1 aromatic heterocycles.